The van der Waals surface area contributed by atoms with Gasteiger partial charge in [0, 0.05) is 5.56 Å². The minimum absolute atomic E-state index is 0.273. The molecule has 134 valence electrons. The molecule has 0 saturated carbocycles. The monoisotopic (exact) mass is 351 g/mol. The Morgan fingerprint density at radius 1 is 1.08 bits per heavy atom. The van der Waals surface area contributed by atoms with Crippen molar-refractivity contribution in [1.29, 1.82) is 0 Å². The lowest BCUT2D eigenvalue weighted by Gasteiger charge is -2.16. The van der Waals surface area contributed by atoms with E-state index in [1.54, 1.807) is 6.92 Å². The van der Waals surface area contributed by atoms with Crippen LogP contribution in [0.2, 0.25) is 0 Å². The van der Waals surface area contributed by atoms with E-state index in [1.807, 2.05) is 63.2 Å². The molecule has 0 saturated heterocycles. The second kappa shape index (κ2) is 7.39. The molecule has 6 nitrogen and oxygen atoms in total. The largest absolute Gasteiger partial charge is 0.481 e. The fourth-order valence-electron chi connectivity index (χ4n) is 2.49. The van der Waals surface area contributed by atoms with Crippen LogP contribution in [0.4, 0.5) is 5.82 Å². The van der Waals surface area contributed by atoms with E-state index in [-0.39, 0.29) is 11.7 Å². The highest BCUT2D eigenvalue weighted by Crippen LogP contribution is 2.25. The molecule has 1 atom stereocenters. The van der Waals surface area contributed by atoms with E-state index in [0.717, 1.165) is 22.3 Å². The lowest BCUT2D eigenvalue weighted by molar-refractivity contribution is -0.122. The molecule has 0 bridgehead atoms. The van der Waals surface area contributed by atoms with Gasteiger partial charge in [0.25, 0.3) is 5.91 Å². The van der Waals surface area contributed by atoms with Crippen LogP contribution in [0.5, 0.6) is 5.75 Å². The summed E-state index contributed by atoms with van der Waals surface area (Å²) in [5.74, 6) is 0.634. The molecule has 26 heavy (non-hydrogen) atoms. The first-order valence-corrected chi connectivity index (χ1v) is 8.39. The summed E-state index contributed by atoms with van der Waals surface area (Å²) in [7, 11) is 0. The molecule has 1 aromatic heterocycles. The number of hydrogen-bond acceptors (Lipinski definition) is 5. The minimum Gasteiger partial charge on any atom is -0.481 e. The van der Waals surface area contributed by atoms with Gasteiger partial charge in [-0.15, -0.1) is 0 Å². The van der Waals surface area contributed by atoms with Crippen molar-refractivity contribution >= 4 is 11.7 Å². The first kappa shape index (κ1) is 17.7. The second-order valence-corrected chi connectivity index (χ2v) is 6.27. The molecule has 6 heteroatoms. The number of benzene rings is 2. The Labute approximate surface area is 152 Å². The fraction of sp³-hybridized carbons (Fsp3) is 0.250. The number of hydrogen-bond donors (Lipinski definition) is 1. The molecule has 1 amide bonds. The fourth-order valence-corrected chi connectivity index (χ4v) is 2.49. The molecular formula is C20H21N3O3. The maximum Gasteiger partial charge on any atom is 0.266 e. The second-order valence-electron chi connectivity index (χ2n) is 6.27. The van der Waals surface area contributed by atoms with Crippen molar-refractivity contribution < 1.29 is 14.2 Å². The van der Waals surface area contributed by atoms with Crippen LogP contribution in [0.15, 0.2) is 47.1 Å². The van der Waals surface area contributed by atoms with E-state index in [2.05, 4.69) is 15.6 Å². The van der Waals surface area contributed by atoms with Crippen LogP contribution in [0.1, 0.15) is 23.6 Å². The normalized spacial score (nSPS) is 11.8. The maximum absolute atomic E-state index is 12.5. The van der Waals surface area contributed by atoms with Gasteiger partial charge in [0.05, 0.1) is 0 Å². The van der Waals surface area contributed by atoms with Crippen LogP contribution in [-0.2, 0) is 4.79 Å². The Balaban J connectivity index is 1.73. The minimum atomic E-state index is -0.696. The lowest BCUT2D eigenvalue weighted by atomic mass is 10.1. The Kier molecular flexibility index (Phi) is 5.02. The van der Waals surface area contributed by atoms with E-state index in [4.69, 9.17) is 9.37 Å². The summed E-state index contributed by atoms with van der Waals surface area (Å²) in [5, 5.41) is 10.4. The van der Waals surface area contributed by atoms with E-state index in [1.165, 1.54) is 0 Å². The number of carbonyl (C=O) groups is 1. The third-order valence-electron chi connectivity index (χ3n) is 4.28. The predicted octanol–water partition coefficient (Wildman–Crippen LogP) is 4.07. The molecule has 3 rings (SSSR count). The van der Waals surface area contributed by atoms with Crippen molar-refractivity contribution in [3.8, 4) is 17.0 Å². The lowest BCUT2D eigenvalue weighted by Crippen LogP contribution is -2.30. The number of carbonyl (C=O) groups excluding carboxylic acids is 1. The zero-order valence-corrected chi connectivity index (χ0v) is 15.2. The van der Waals surface area contributed by atoms with Gasteiger partial charge >= 0.3 is 0 Å². The van der Waals surface area contributed by atoms with Crippen LogP contribution in [-0.4, -0.2) is 22.3 Å². The molecule has 1 heterocycles. The third-order valence-corrected chi connectivity index (χ3v) is 4.28. The molecule has 3 aromatic rings. The predicted molar refractivity (Wildman–Crippen MR) is 99.1 cm³/mol. The van der Waals surface area contributed by atoms with Gasteiger partial charge in [-0.1, -0.05) is 42.0 Å². The van der Waals surface area contributed by atoms with E-state index in [0.29, 0.717) is 11.4 Å². The zero-order chi connectivity index (χ0) is 18.7. The van der Waals surface area contributed by atoms with Gasteiger partial charge in [0.2, 0.25) is 5.82 Å². The van der Waals surface area contributed by atoms with Gasteiger partial charge in [-0.3, -0.25) is 4.79 Å². The van der Waals surface area contributed by atoms with E-state index < -0.39 is 6.10 Å². The van der Waals surface area contributed by atoms with Crippen molar-refractivity contribution in [3.05, 3.63) is 59.2 Å². The topological polar surface area (TPSA) is 77.3 Å². The third kappa shape index (κ3) is 3.74. The van der Waals surface area contributed by atoms with Crippen LogP contribution >= 0.6 is 0 Å². The molecular weight excluding hydrogens is 330 g/mol. The standard InChI is InChI=1S/C20H21N3O3/c1-12-8-10-16(11-9-12)18-19(23-26-22-18)21-20(24)15(4)25-17-7-5-6-13(2)14(17)3/h5-11,15H,1-4H3,(H,21,23,24)/t15-/m1/s1. The molecule has 0 aliphatic heterocycles. The van der Waals surface area contributed by atoms with Crippen LogP contribution < -0.4 is 10.1 Å². The summed E-state index contributed by atoms with van der Waals surface area (Å²) in [6, 6.07) is 13.5. The first-order valence-electron chi connectivity index (χ1n) is 8.39. The number of aromatic nitrogens is 2. The molecule has 0 fully saturated rings. The molecule has 0 unspecified atom stereocenters. The molecule has 0 aliphatic carbocycles. The summed E-state index contributed by atoms with van der Waals surface area (Å²) >= 11 is 0. The zero-order valence-electron chi connectivity index (χ0n) is 15.2. The highest BCUT2D eigenvalue weighted by atomic mass is 16.6. The van der Waals surface area contributed by atoms with Crippen molar-refractivity contribution in [2.24, 2.45) is 0 Å². The van der Waals surface area contributed by atoms with Crippen molar-refractivity contribution in [3.63, 3.8) is 0 Å². The van der Waals surface area contributed by atoms with Crippen LogP contribution in [0, 0.1) is 20.8 Å². The number of nitrogens with zero attached hydrogens (tertiary/aromatic N) is 2. The number of nitrogens with one attached hydrogen (secondary N) is 1. The summed E-state index contributed by atoms with van der Waals surface area (Å²) in [4.78, 5) is 12.5. The Bertz CT molecular complexity index is 916. The van der Waals surface area contributed by atoms with Crippen molar-refractivity contribution in [2.45, 2.75) is 33.8 Å². The Morgan fingerprint density at radius 2 is 1.81 bits per heavy atom. The summed E-state index contributed by atoms with van der Waals surface area (Å²) in [6.45, 7) is 7.66. The number of aryl methyl sites for hydroxylation is 2. The van der Waals surface area contributed by atoms with Gasteiger partial charge in [-0.05, 0) is 55.2 Å². The van der Waals surface area contributed by atoms with Gasteiger partial charge in [-0.2, -0.15) is 0 Å². The molecule has 0 radical (unpaired) electrons. The average molecular weight is 351 g/mol. The van der Waals surface area contributed by atoms with Crippen LogP contribution in [0.3, 0.4) is 0 Å². The molecule has 0 aliphatic rings. The van der Waals surface area contributed by atoms with Crippen molar-refractivity contribution in [2.75, 3.05) is 5.32 Å². The molecule has 1 N–H and O–H groups in total. The summed E-state index contributed by atoms with van der Waals surface area (Å²) < 4.78 is 10.6. The van der Waals surface area contributed by atoms with Gasteiger partial charge in [-0.25, -0.2) is 4.63 Å². The first-order chi connectivity index (χ1) is 12.5. The highest BCUT2D eigenvalue weighted by molar-refractivity contribution is 5.96. The van der Waals surface area contributed by atoms with Crippen LogP contribution in [0.25, 0.3) is 11.3 Å². The van der Waals surface area contributed by atoms with Crippen molar-refractivity contribution in [1.82, 2.24) is 10.3 Å². The highest BCUT2D eigenvalue weighted by Gasteiger charge is 2.21. The average Bonchev–Trinajstić information content (AvgIpc) is 3.07. The smallest absolute Gasteiger partial charge is 0.266 e. The van der Waals surface area contributed by atoms with Gasteiger partial charge in [0.1, 0.15) is 5.75 Å². The Hall–Kier alpha value is -3.15. The number of amides is 1. The van der Waals surface area contributed by atoms with E-state index >= 15 is 0 Å². The molecule has 0 spiro atoms. The van der Waals surface area contributed by atoms with E-state index in [9.17, 15) is 4.79 Å². The SMILES string of the molecule is Cc1ccc(-c2nonc2NC(=O)[C@@H](C)Oc2cccc(C)c2C)cc1. The number of rotatable bonds is 5. The summed E-state index contributed by atoms with van der Waals surface area (Å²) in [6.07, 6.45) is -0.696. The number of ether oxygens (including phenoxy) is 1. The quantitative estimate of drug-likeness (QED) is 0.750. The van der Waals surface area contributed by atoms with Gasteiger partial charge < -0.3 is 10.1 Å². The summed E-state index contributed by atoms with van der Waals surface area (Å²) in [5.41, 5.74) is 4.55. The number of anilines is 1. The maximum atomic E-state index is 12.5. The molecule has 2 aromatic carbocycles. The Morgan fingerprint density at radius 3 is 2.54 bits per heavy atom. The van der Waals surface area contributed by atoms with Gasteiger partial charge in [0.15, 0.2) is 11.8 Å².